The molecule has 4 rings (SSSR count). The van der Waals surface area contributed by atoms with Gasteiger partial charge in [-0.25, -0.2) is 20.4 Å². The minimum absolute atomic E-state index is 0. The van der Waals surface area contributed by atoms with Gasteiger partial charge < -0.3 is 0 Å². The Morgan fingerprint density at radius 3 is 1.00 bits per heavy atom. The number of hydrogen-bond donors (Lipinski definition) is 4. The summed E-state index contributed by atoms with van der Waals surface area (Å²) in [5.41, 5.74) is 3.34. The standard InChI is InChI=1S/C12H12BN8.K/c1-5-14-18-9(1)13(10-2-6-15-19-10,11-3-7-16-20-11)12-4-8-17-21-12;/h1-8H,(H,14,18)(H,15,19)(H,16,20)(H,17,21);/q-1;+1. The van der Waals surface area contributed by atoms with Crippen LogP contribution >= 0.6 is 0 Å². The molecule has 0 unspecified atom stereocenters. The van der Waals surface area contributed by atoms with E-state index in [-0.39, 0.29) is 51.4 Å². The van der Waals surface area contributed by atoms with E-state index in [4.69, 9.17) is 0 Å². The number of nitrogens with zero attached hydrogens (tertiary/aromatic N) is 4. The van der Waals surface area contributed by atoms with E-state index < -0.39 is 6.15 Å². The van der Waals surface area contributed by atoms with Crippen LogP contribution in [0.3, 0.4) is 0 Å². The van der Waals surface area contributed by atoms with Gasteiger partial charge >= 0.3 is 51.4 Å². The van der Waals surface area contributed by atoms with Gasteiger partial charge in [-0.05, 0) is 0 Å². The molecule has 0 aliphatic heterocycles. The van der Waals surface area contributed by atoms with Gasteiger partial charge in [-0.2, -0.15) is 0 Å². The molecule has 8 nitrogen and oxygen atoms in total. The van der Waals surface area contributed by atoms with Gasteiger partial charge in [0.25, 0.3) is 0 Å². The Labute approximate surface area is 168 Å². The summed E-state index contributed by atoms with van der Waals surface area (Å²) in [4.78, 5) is 0. The first-order chi connectivity index (χ1) is 10.4. The molecular weight excluding hydrogens is 306 g/mol. The maximum absolute atomic E-state index is 4.40. The number of aromatic nitrogens is 8. The summed E-state index contributed by atoms with van der Waals surface area (Å²) in [7, 11) is 0. The average molecular weight is 318 g/mol. The minimum atomic E-state index is -1.62. The van der Waals surface area contributed by atoms with Crippen molar-refractivity contribution in [3.63, 3.8) is 0 Å². The van der Waals surface area contributed by atoms with Gasteiger partial charge in [-0.1, -0.05) is 46.6 Å². The van der Waals surface area contributed by atoms with Crippen molar-refractivity contribution in [3.05, 3.63) is 49.1 Å². The molecule has 0 spiro atoms. The molecule has 0 aromatic carbocycles. The van der Waals surface area contributed by atoms with Crippen molar-refractivity contribution < 1.29 is 51.4 Å². The Morgan fingerprint density at radius 1 is 0.545 bits per heavy atom. The molecule has 0 amide bonds. The van der Waals surface area contributed by atoms with Crippen molar-refractivity contribution in [2.45, 2.75) is 0 Å². The summed E-state index contributed by atoms with van der Waals surface area (Å²) < 4.78 is 0. The number of H-pyrrole nitrogens is 4. The zero-order chi connectivity index (χ0) is 14.1. The van der Waals surface area contributed by atoms with E-state index in [1.807, 2.05) is 24.3 Å². The number of rotatable bonds is 4. The van der Waals surface area contributed by atoms with Crippen LogP contribution in [0, 0.1) is 0 Å². The van der Waals surface area contributed by atoms with E-state index in [2.05, 4.69) is 40.8 Å². The van der Waals surface area contributed by atoms with Gasteiger partial charge in [-0.15, -0.1) is 0 Å². The quantitative estimate of drug-likeness (QED) is 0.282. The Hall–Kier alpha value is -1.46. The fourth-order valence-electron chi connectivity index (χ4n) is 2.96. The fourth-order valence-corrected chi connectivity index (χ4v) is 2.96. The molecule has 0 fully saturated rings. The molecule has 22 heavy (non-hydrogen) atoms. The van der Waals surface area contributed by atoms with Crippen molar-refractivity contribution in [1.29, 1.82) is 0 Å². The van der Waals surface area contributed by atoms with Crippen LogP contribution in [-0.4, -0.2) is 46.9 Å². The van der Waals surface area contributed by atoms with Gasteiger partial charge in [-0.3, -0.25) is 20.4 Å². The Kier molecular flexibility index (Phi) is 4.45. The van der Waals surface area contributed by atoms with Crippen LogP contribution in [0.2, 0.25) is 0 Å². The van der Waals surface area contributed by atoms with Crippen molar-refractivity contribution in [3.8, 4) is 0 Å². The molecule has 0 bridgehead atoms. The summed E-state index contributed by atoms with van der Waals surface area (Å²) in [6.07, 6.45) is 5.53. The molecule has 104 valence electrons. The second-order valence-electron chi connectivity index (χ2n) is 4.86. The molecule has 4 N–H and O–H groups in total. The molecule has 0 saturated heterocycles. The summed E-state index contributed by atoms with van der Waals surface area (Å²) in [5.74, 6) is 0. The third-order valence-corrected chi connectivity index (χ3v) is 3.86. The molecule has 4 aromatic rings. The van der Waals surface area contributed by atoms with E-state index in [0.717, 1.165) is 22.4 Å². The topological polar surface area (TPSA) is 115 Å². The molecule has 0 atom stereocenters. The van der Waals surface area contributed by atoms with Crippen LogP contribution in [0.15, 0.2) is 49.1 Å². The maximum Gasteiger partial charge on any atom is 1.00 e. The van der Waals surface area contributed by atoms with Crippen LogP contribution in [0.5, 0.6) is 0 Å². The first kappa shape index (κ1) is 15.4. The van der Waals surface area contributed by atoms with E-state index in [1.54, 1.807) is 24.8 Å². The minimum Gasteiger partial charge on any atom is -0.289 e. The third kappa shape index (κ3) is 2.23. The molecular formula is C12H12BKN8. The van der Waals surface area contributed by atoms with Crippen LogP contribution in [0.4, 0.5) is 0 Å². The second-order valence-corrected chi connectivity index (χ2v) is 4.86. The second kappa shape index (κ2) is 6.34. The summed E-state index contributed by atoms with van der Waals surface area (Å²) in [6.45, 7) is 0. The van der Waals surface area contributed by atoms with E-state index in [9.17, 15) is 0 Å². The van der Waals surface area contributed by atoms with E-state index in [0.29, 0.717) is 0 Å². The van der Waals surface area contributed by atoms with Gasteiger partial charge in [0.15, 0.2) is 6.15 Å². The summed E-state index contributed by atoms with van der Waals surface area (Å²) in [5, 5.41) is 29.1. The van der Waals surface area contributed by atoms with Crippen LogP contribution in [-0.2, 0) is 0 Å². The number of nitrogens with one attached hydrogen (secondary N) is 4. The first-order valence-electron chi connectivity index (χ1n) is 6.59. The first-order valence-corrected chi connectivity index (χ1v) is 6.59. The summed E-state index contributed by atoms with van der Waals surface area (Å²) >= 11 is 0. The van der Waals surface area contributed by atoms with Crippen LogP contribution in [0.1, 0.15) is 0 Å². The predicted octanol–water partition coefficient (Wildman–Crippen LogP) is -5.04. The van der Waals surface area contributed by atoms with Crippen molar-refractivity contribution in [2.24, 2.45) is 0 Å². The number of hydrogen-bond acceptors (Lipinski definition) is 4. The normalized spacial score (nSPS) is 11.3. The molecule has 4 heterocycles. The smallest absolute Gasteiger partial charge is 0.289 e. The van der Waals surface area contributed by atoms with Crippen LogP contribution in [0.25, 0.3) is 0 Å². The van der Waals surface area contributed by atoms with Crippen molar-refractivity contribution >= 4 is 28.5 Å². The zero-order valence-electron chi connectivity index (χ0n) is 12.0. The third-order valence-electron chi connectivity index (χ3n) is 3.86. The van der Waals surface area contributed by atoms with E-state index >= 15 is 0 Å². The van der Waals surface area contributed by atoms with Gasteiger partial charge in [0, 0.05) is 24.8 Å². The zero-order valence-corrected chi connectivity index (χ0v) is 15.1. The largest absolute Gasteiger partial charge is 1.00 e. The Balaban J connectivity index is 0.00000144. The monoisotopic (exact) mass is 318 g/mol. The van der Waals surface area contributed by atoms with Crippen molar-refractivity contribution in [2.75, 3.05) is 0 Å². The van der Waals surface area contributed by atoms with Crippen LogP contribution < -0.4 is 73.8 Å². The summed E-state index contributed by atoms with van der Waals surface area (Å²) in [6, 6.07) is 7.71. The fraction of sp³-hybridized carbons (Fsp3) is 0. The van der Waals surface area contributed by atoms with Gasteiger partial charge in [0.2, 0.25) is 0 Å². The molecule has 4 aromatic heterocycles. The molecule has 0 aliphatic carbocycles. The SMILES string of the molecule is [K+].c1cc([B-](c2cc[nH]n2)(c2cc[nH]n2)c2cc[nH]n2)n[nH]1. The maximum atomic E-state index is 4.40. The van der Waals surface area contributed by atoms with Gasteiger partial charge in [0.05, 0.1) is 0 Å². The van der Waals surface area contributed by atoms with Crippen molar-refractivity contribution in [1.82, 2.24) is 40.8 Å². The Morgan fingerprint density at radius 2 is 0.818 bits per heavy atom. The van der Waals surface area contributed by atoms with E-state index in [1.165, 1.54) is 0 Å². The Bertz CT molecular complexity index is 649. The molecule has 0 aliphatic rings. The predicted molar refractivity (Wildman–Crippen MR) is 78.6 cm³/mol. The molecule has 0 radical (unpaired) electrons. The molecule has 0 saturated carbocycles. The van der Waals surface area contributed by atoms with Gasteiger partial charge in [0.1, 0.15) is 0 Å². The average Bonchev–Trinajstić information content (AvgIpc) is 3.32. The molecule has 10 heteroatoms. The number of aromatic amines is 4.